The zero-order valence-electron chi connectivity index (χ0n) is 14.5. The normalized spacial score (nSPS) is 32.3. The van der Waals surface area contributed by atoms with E-state index >= 15 is 0 Å². The van der Waals surface area contributed by atoms with Crippen LogP contribution in [0.5, 0.6) is 0 Å². The first-order valence-electron chi connectivity index (χ1n) is 8.64. The number of anilines is 1. The SMILES string of the molecule is CCOC(=O)[C@]12CCC(=O)[C@H](C[C@]3(Br)C(=O)N(C)c4cccc1c43)C2=O. The number of rotatable bonds is 2. The molecule has 0 unspecified atom stereocenters. The number of likely N-dealkylation sites (N-methyl/N-ethyl adjacent to an activating group) is 1. The Morgan fingerprint density at radius 3 is 2.77 bits per heavy atom. The summed E-state index contributed by atoms with van der Waals surface area (Å²) in [5, 5.41) is 0. The molecular weight excluding hydrogens is 402 g/mol. The Kier molecular flexibility index (Phi) is 3.67. The van der Waals surface area contributed by atoms with Crippen molar-refractivity contribution in [1.29, 1.82) is 0 Å². The van der Waals surface area contributed by atoms with E-state index in [4.69, 9.17) is 4.74 Å². The molecule has 0 radical (unpaired) electrons. The zero-order chi connectivity index (χ0) is 18.9. The fourth-order valence-electron chi connectivity index (χ4n) is 4.64. The van der Waals surface area contributed by atoms with Gasteiger partial charge in [-0.3, -0.25) is 19.2 Å². The van der Waals surface area contributed by atoms with Crippen molar-refractivity contribution in [2.24, 2.45) is 5.92 Å². The molecule has 2 aliphatic carbocycles. The van der Waals surface area contributed by atoms with Crippen LogP contribution < -0.4 is 4.90 Å². The highest BCUT2D eigenvalue weighted by Crippen LogP contribution is 2.58. The lowest BCUT2D eigenvalue weighted by molar-refractivity contribution is -0.158. The summed E-state index contributed by atoms with van der Waals surface area (Å²) in [5.41, 5.74) is 0.232. The molecule has 1 fully saturated rings. The summed E-state index contributed by atoms with van der Waals surface area (Å²) in [6.07, 6.45) is 0.225. The van der Waals surface area contributed by atoms with Gasteiger partial charge in [-0.25, -0.2) is 0 Å². The molecule has 0 aromatic heterocycles. The predicted molar refractivity (Wildman–Crippen MR) is 96.1 cm³/mol. The van der Waals surface area contributed by atoms with Crippen LogP contribution >= 0.6 is 15.9 Å². The first kappa shape index (κ1) is 17.4. The van der Waals surface area contributed by atoms with Crippen LogP contribution in [0.1, 0.15) is 37.3 Å². The number of Topliss-reactive ketones (excluding diaryl/α,β-unsaturated/α-hetero) is 2. The van der Waals surface area contributed by atoms with Gasteiger partial charge >= 0.3 is 5.97 Å². The van der Waals surface area contributed by atoms with E-state index in [9.17, 15) is 19.2 Å². The maximum atomic E-state index is 13.4. The molecule has 1 aliphatic heterocycles. The number of halogens is 1. The van der Waals surface area contributed by atoms with E-state index in [2.05, 4.69) is 15.9 Å². The van der Waals surface area contributed by atoms with Crippen LogP contribution in [-0.4, -0.2) is 37.1 Å². The topological polar surface area (TPSA) is 80.8 Å². The van der Waals surface area contributed by atoms with Crippen LogP contribution in [-0.2, 0) is 33.7 Å². The number of amides is 1. The van der Waals surface area contributed by atoms with E-state index in [0.717, 1.165) is 0 Å². The Labute approximate surface area is 159 Å². The Balaban J connectivity index is 2.08. The molecule has 1 aromatic rings. The second kappa shape index (κ2) is 5.49. The van der Waals surface area contributed by atoms with Crippen LogP contribution in [0.3, 0.4) is 0 Å². The minimum absolute atomic E-state index is 0.0268. The van der Waals surface area contributed by atoms with Crippen LogP contribution in [0.15, 0.2) is 18.2 Å². The van der Waals surface area contributed by atoms with Gasteiger partial charge in [0.1, 0.15) is 10.1 Å². The molecule has 0 spiro atoms. The highest BCUT2D eigenvalue weighted by Gasteiger charge is 2.64. The van der Waals surface area contributed by atoms with Crippen molar-refractivity contribution < 1.29 is 23.9 Å². The lowest BCUT2D eigenvalue weighted by Gasteiger charge is -2.36. The lowest BCUT2D eigenvalue weighted by Crippen LogP contribution is -2.52. The van der Waals surface area contributed by atoms with Gasteiger partial charge in [-0.1, -0.05) is 28.1 Å². The number of nitrogens with zero attached hydrogens (tertiary/aromatic N) is 1. The molecular formula is C19H18BrNO5. The lowest BCUT2D eigenvalue weighted by atomic mass is 9.64. The zero-order valence-corrected chi connectivity index (χ0v) is 16.1. The largest absolute Gasteiger partial charge is 0.465 e. The van der Waals surface area contributed by atoms with Gasteiger partial charge < -0.3 is 9.64 Å². The van der Waals surface area contributed by atoms with Crippen molar-refractivity contribution in [3.05, 3.63) is 29.3 Å². The fraction of sp³-hybridized carbons (Fsp3) is 0.474. The quantitative estimate of drug-likeness (QED) is 0.416. The summed E-state index contributed by atoms with van der Waals surface area (Å²) < 4.78 is 4.09. The minimum Gasteiger partial charge on any atom is -0.465 e. The smallest absolute Gasteiger partial charge is 0.324 e. The van der Waals surface area contributed by atoms with Gasteiger partial charge in [0.25, 0.3) is 0 Å². The van der Waals surface area contributed by atoms with E-state index in [1.54, 1.807) is 32.2 Å². The molecule has 3 aliphatic rings. The molecule has 7 heteroatoms. The number of ketones is 2. The van der Waals surface area contributed by atoms with E-state index in [0.29, 0.717) is 16.8 Å². The highest BCUT2D eigenvalue weighted by atomic mass is 79.9. The molecule has 2 bridgehead atoms. The molecule has 1 saturated carbocycles. The Bertz CT molecular complexity index is 881. The summed E-state index contributed by atoms with van der Waals surface area (Å²) in [6, 6.07) is 5.25. The molecule has 1 aromatic carbocycles. The van der Waals surface area contributed by atoms with Crippen LogP contribution in [0.2, 0.25) is 0 Å². The van der Waals surface area contributed by atoms with Crippen molar-refractivity contribution in [2.75, 3.05) is 18.6 Å². The summed E-state index contributed by atoms with van der Waals surface area (Å²) in [4.78, 5) is 53.4. The number of benzene rings is 1. The molecule has 136 valence electrons. The number of hydrogen-bond acceptors (Lipinski definition) is 5. The average Bonchev–Trinajstić information content (AvgIpc) is 2.78. The summed E-state index contributed by atoms with van der Waals surface area (Å²) in [5.74, 6) is -2.51. The maximum Gasteiger partial charge on any atom is 0.324 e. The molecule has 6 nitrogen and oxygen atoms in total. The number of alkyl halides is 1. The average molecular weight is 420 g/mol. The van der Waals surface area contributed by atoms with Crippen LogP contribution in [0.4, 0.5) is 5.69 Å². The van der Waals surface area contributed by atoms with Crippen molar-refractivity contribution in [3.8, 4) is 0 Å². The second-order valence-corrected chi connectivity index (χ2v) is 8.43. The molecule has 4 rings (SSSR count). The Morgan fingerprint density at radius 1 is 1.35 bits per heavy atom. The van der Waals surface area contributed by atoms with E-state index in [1.807, 2.05) is 0 Å². The van der Waals surface area contributed by atoms with Crippen molar-refractivity contribution in [1.82, 2.24) is 0 Å². The molecule has 0 N–H and O–H groups in total. The van der Waals surface area contributed by atoms with Crippen molar-refractivity contribution in [3.63, 3.8) is 0 Å². The first-order chi connectivity index (χ1) is 12.3. The number of ether oxygens (including phenoxy) is 1. The first-order valence-corrected chi connectivity index (χ1v) is 9.43. The standard InChI is InChI=1S/C19H18BrNO5/c1-3-26-17(25)18-8-7-13(22)10(15(18)23)9-19(20)14-11(18)5-4-6-12(14)21(2)16(19)24/h4-6,10H,3,7-9H2,1-2H3/t10-,18+,19+/m0/s1. The monoisotopic (exact) mass is 419 g/mol. The predicted octanol–water partition coefficient (Wildman–Crippen LogP) is 2.01. The molecule has 1 amide bonds. The summed E-state index contributed by atoms with van der Waals surface area (Å²) in [6.45, 7) is 1.82. The number of carbonyl (C=O) groups excluding carboxylic acids is 4. The maximum absolute atomic E-state index is 13.4. The van der Waals surface area contributed by atoms with Crippen molar-refractivity contribution >= 4 is 45.1 Å². The Morgan fingerprint density at radius 2 is 2.08 bits per heavy atom. The Hall–Kier alpha value is -2.02. The van der Waals surface area contributed by atoms with Crippen LogP contribution in [0, 0.1) is 5.92 Å². The van der Waals surface area contributed by atoms with Gasteiger partial charge in [0.2, 0.25) is 5.91 Å². The molecule has 26 heavy (non-hydrogen) atoms. The van der Waals surface area contributed by atoms with Crippen molar-refractivity contribution in [2.45, 2.75) is 35.9 Å². The third kappa shape index (κ3) is 1.87. The fourth-order valence-corrected chi connectivity index (χ4v) is 5.64. The van der Waals surface area contributed by atoms with Gasteiger partial charge in [0.15, 0.2) is 11.2 Å². The van der Waals surface area contributed by atoms with Gasteiger partial charge in [-0.2, -0.15) is 0 Å². The third-order valence-corrected chi connectivity index (χ3v) is 6.94. The number of esters is 1. The summed E-state index contributed by atoms with van der Waals surface area (Å²) in [7, 11) is 1.66. The second-order valence-electron chi connectivity index (χ2n) is 7.08. The third-order valence-electron chi connectivity index (χ3n) is 5.88. The van der Waals surface area contributed by atoms with Gasteiger partial charge in [0.05, 0.1) is 12.5 Å². The molecule has 3 atom stereocenters. The minimum atomic E-state index is -1.53. The molecule has 0 saturated heterocycles. The van der Waals surface area contributed by atoms with Gasteiger partial charge in [0, 0.05) is 24.7 Å². The van der Waals surface area contributed by atoms with E-state index in [1.165, 1.54) is 4.90 Å². The highest BCUT2D eigenvalue weighted by molar-refractivity contribution is 9.10. The number of carbonyl (C=O) groups is 4. The number of hydrogen-bond donors (Lipinski definition) is 0. The number of fused-ring (bicyclic) bond motifs is 3. The van der Waals surface area contributed by atoms with Crippen LogP contribution in [0.25, 0.3) is 0 Å². The summed E-state index contributed by atoms with van der Waals surface area (Å²) >= 11 is 3.56. The van der Waals surface area contributed by atoms with Gasteiger partial charge in [-0.15, -0.1) is 0 Å². The molecule has 1 heterocycles. The van der Waals surface area contributed by atoms with E-state index in [-0.39, 0.29) is 37.6 Å². The van der Waals surface area contributed by atoms with E-state index < -0.39 is 27.4 Å². The van der Waals surface area contributed by atoms with Gasteiger partial charge in [-0.05, 0) is 31.4 Å².